The Hall–Kier alpha value is 0.0900. The Morgan fingerprint density at radius 2 is 2.07 bits per heavy atom. The Kier molecular flexibility index (Phi) is 6.59. The highest BCUT2D eigenvalue weighted by atomic mass is 127. The van der Waals surface area contributed by atoms with E-state index >= 15 is 0 Å². The van der Waals surface area contributed by atoms with E-state index in [4.69, 9.17) is 11.5 Å². The van der Waals surface area contributed by atoms with Crippen molar-refractivity contribution < 1.29 is 4.39 Å². The van der Waals surface area contributed by atoms with E-state index in [-0.39, 0.29) is 24.3 Å². The first-order chi connectivity index (χ1) is 6.15. The zero-order chi connectivity index (χ0) is 9.84. The van der Waals surface area contributed by atoms with Crippen LogP contribution in [0.4, 0.5) is 4.39 Å². The van der Waals surface area contributed by atoms with Gasteiger partial charge in [0.05, 0.1) is 0 Å². The number of halogens is 3. The Morgan fingerprint density at radius 3 is 2.64 bits per heavy atom. The quantitative estimate of drug-likeness (QED) is 0.835. The maximum absolute atomic E-state index is 13.2. The zero-order valence-corrected chi connectivity index (χ0v) is 10.5. The van der Waals surface area contributed by atoms with Crippen LogP contribution in [0, 0.1) is 9.39 Å². The van der Waals surface area contributed by atoms with Crippen LogP contribution in [-0.2, 0) is 0 Å². The summed E-state index contributed by atoms with van der Waals surface area (Å²) < 4.78 is 14.2. The minimum Gasteiger partial charge on any atom is -0.330 e. The molecule has 0 fully saturated rings. The molecule has 0 aliphatic rings. The molecule has 2 nitrogen and oxygen atoms in total. The van der Waals surface area contributed by atoms with E-state index in [1.54, 1.807) is 12.1 Å². The SMILES string of the molecule is Cl.NCC[C@H](N)c1cc(I)ccc1F. The molecule has 4 N–H and O–H groups in total. The lowest BCUT2D eigenvalue weighted by molar-refractivity contribution is 0.567. The van der Waals surface area contributed by atoms with Gasteiger partial charge in [-0.2, -0.15) is 0 Å². The third-order valence-electron chi connectivity index (χ3n) is 1.84. The average Bonchev–Trinajstić information content (AvgIpc) is 2.09. The van der Waals surface area contributed by atoms with Crippen molar-refractivity contribution in [1.29, 1.82) is 0 Å². The third-order valence-corrected chi connectivity index (χ3v) is 2.51. The van der Waals surface area contributed by atoms with E-state index in [9.17, 15) is 4.39 Å². The van der Waals surface area contributed by atoms with Crippen LogP contribution in [0.5, 0.6) is 0 Å². The van der Waals surface area contributed by atoms with Gasteiger partial charge in [0.1, 0.15) is 5.82 Å². The van der Waals surface area contributed by atoms with Crippen molar-refractivity contribution in [2.75, 3.05) is 6.54 Å². The minimum absolute atomic E-state index is 0. The minimum atomic E-state index is -0.292. The first-order valence-electron chi connectivity index (χ1n) is 4.05. The van der Waals surface area contributed by atoms with Gasteiger partial charge in [-0.3, -0.25) is 0 Å². The summed E-state index contributed by atoms with van der Waals surface area (Å²) in [6.07, 6.45) is 0.608. The predicted octanol–water partition coefficient (Wildman–Crippen LogP) is 2.20. The Labute approximate surface area is 103 Å². The molecule has 0 spiro atoms. The van der Waals surface area contributed by atoms with Crippen LogP contribution in [-0.4, -0.2) is 6.54 Å². The standard InChI is InChI=1S/C9H12FIN2.ClH/c10-8-2-1-6(11)5-7(8)9(13)3-4-12;/h1-2,5,9H,3-4,12-13H2;1H/t9-;/m0./s1. The molecule has 5 heteroatoms. The predicted molar refractivity (Wildman–Crippen MR) is 67.0 cm³/mol. The molecule has 1 aromatic rings. The fourth-order valence-electron chi connectivity index (χ4n) is 1.13. The van der Waals surface area contributed by atoms with Gasteiger partial charge in [0, 0.05) is 15.2 Å². The van der Waals surface area contributed by atoms with E-state index in [1.807, 2.05) is 0 Å². The van der Waals surface area contributed by atoms with E-state index in [0.29, 0.717) is 18.5 Å². The molecule has 0 radical (unpaired) electrons. The molecule has 80 valence electrons. The summed E-state index contributed by atoms with van der Waals surface area (Å²) in [7, 11) is 0. The Morgan fingerprint density at radius 1 is 1.43 bits per heavy atom. The summed E-state index contributed by atoms with van der Waals surface area (Å²) in [4.78, 5) is 0. The topological polar surface area (TPSA) is 52.0 Å². The molecule has 0 saturated carbocycles. The van der Waals surface area contributed by atoms with Crippen LogP contribution < -0.4 is 11.5 Å². The highest BCUT2D eigenvalue weighted by Crippen LogP contribution is 2.19. The number of hydrogen-bond donors (Lipinski definition) is 2. The fraction of sp³-hybridized carbons (Fsp3) is 0.333. The Bertz CT molecular complexity index is 296. The average molecular weight is 331 g/mol. The summed E-state index contributed by atoms with van der Waals surface area (Å²) >= 11 is 2.13. The maximum Gasteiger partial charge on any atom is 0.128 e. The molecule has 0 heterocycles. The van der Waals surface area contributed by atoms with Crippen LogP contribution in [0.1, 0.15) is 18.0 Å². The molecule has 0 aliphatic carbocycles. The molecular weight excluding hydrogens is 317 g/mol. The molecule has 1 rings (SSSR count). The number of nitrogens with two attached hydrogens (primary N) is 2. The van der Waals surface area contributed by atoms with Crippen molar-refractivity contribution in [3.8, 4) is 0 Å². The lowest BCUT2D eigenvalue weighted by Crippen LogP contribution is -2.16. The monoisotopic (exact) mass is 330 g/mol. The Balaban J connectivity index is 0.00000169. The summed E-state index contributed by atoms with van der Waals surface area (Å²) in [5, 5.41) is 0. The van der Waals surface area contributed by atoms with E-state index in [0.717, 1.165) is 3.57 Å². The van der Waals surface area contributed by atoms with Gasteiger partial charge in [-0.25, -0.2) is 4.39 Å². The summed E-state index contributed by atoms with van der Waals surface area (Å²) in [5.74, 6) is -0.249. The second-order valence-electron chi connectivity index (χ2n) is 2.85. The second kappa shape index (κ2) is 6.55. The highest BCUT2D eigenvalue weighted by Gasteiger charge is 2.10. The number of rotatable bonds is 3. The smallest absolute Gasteiger partial charge is 0.128 e. The summed E-state index contributed by atoms with van der Waals surface area (Å²) in [6, 6.07) is 4.62. The lowest BCUT2D eigenvalue weighted by atomic mass is 10.0. The van der Waals surface area contributed by atoms with Crippen molar-refractivity contribution in [3.63, 3.8) is 0 Å². The van der Waals surface area contributed by atoms with E-state index < -0.39 is 0 Å². The third kappa shape index (κ3) is 3.68. The van der Waals surface area contributed by atoms with Crippen molar-refractivity contribution in [3.05, 3.63) is 33.1 Å². The van der Waals surface area contributed by atoms with Crippen LogP contribution >= 0.6 is 35.0 Å². The molecular formula is C9H13ClFIN2. The van der Waals surface area contributed by atoms with Gasteiger partial charge in [0.15, 0.2) is 0 Å². The number of hydrogen-bond acceptors (Lipinski definition) is 2. The van der Waals surface area contributed by atoms with Crippen molar-refractivity contribution in [2.45, 2.75) is 12.5 Å². The van der Waals surface area contributed by atoms with Crippen LogP contribution in [0.25, 0.3) is 0 Å². The molecule has 0 amide bonds. The van der Waals surface area contributed by atoms with E-state index in [1.165, 1.54) is 6.07 Å². The van der Waals surface area contributed by atoms with Crippen molar-refractivity contribution in [2.24, 2.45) is 11.5 Å². The van der Waals surface area contributed by atoms with Crippen LogP contribution in [0.15, 0.2) is 18.2 Å². The van der Waals surface area contributed by atoms with Gasteiger partial charge in [-0.05, 0) is 53.8 Å². The zero-order valence-electron chi connectivity index (χ0n) is 7.54. The van der Waals surface area contributed by atoms with Gasteiger partial charge >= 0.3 is 0 Å². The molecule has 1 atom stereocenters. The molecule has 0 saturated heterocycles. The van der Waals surface area contributed by atoms with Crippen molar-refractivity contribution >= 4 is 35.0 Å². The van der Waals surface area contributed by atoms with Crippen LogP contribution in [0.2, 0.25) is 0 Å². The lowest BCUT2D eigenvalue weighted by Gasteiger charge is -2.11. The first-order valence-corrected chi connectivity index (χ1v) is 5.13. The molecule has 1 aromatic carbocycles. The second-order valence-corrected chi connectivity index (χ2v) is 4.10. The first kappa shape index (κ1) is 14.1. The number of benzene rings is 1. The molecule has 0 aliphatic heterocycles. The van der Waals surface area contributed by atoms with Gasteiger partial charge in [-0.15, -0.1) is 12.4 Å². The molecule has 14 heavy (non-hydrogen) atoms. The van der Waals surface area contributed by atoms with Gasteiger partial charge in [0.2, 0.25) is 0 Å². The van der Waals surface area contributed by atoms with Crippen LogP contribution in [0.3, 0.4) is 0 Å². The molecule has 0 unspecified atom stereocenters. The maximum atomic E-state index is 13.2. The van der Waals surface area contributed by atoms with Gasteiger partial charge in [-0.1, -0.05) is 0 Å². The molecule has 0 aromatic heterocycles. The van der Waals surface area contributed by atoms with Crippen molar-refractivity contribution in [1.82, 2.24) is 0 Å². The summed E-state index contributed by atoms with van der Waals surface area (Å²) in [6.45, 7) is 0.478. The highest BCUT2D eigenvalue weighted by molar-refractivity contribution is 14.1. The van der Waals surface area contributed by atoms with Gasteiger partial charge in [0.25, 0.3) is 0 Å². The van der Waals surface area contributed by atoms with Gasteiger partial charge < -0.3 is 11.5 Å². The fourth-order valence-corrected chi connectivity index (χ4v) is 1.65. The summed E-state index contributed by atoms with van der Waals surface area (Å²) in [5.41, 5.74) is 11.7. The normalized spacial score (nSPS) is 12.0. The van der Waals surface area contributed by atoms with E-state index in [2.05, 4.69) is 22.6 Å². The molecule has 0 bridgehead atoms. The largest absolute Gasteiger partial charge is 0.330 e.